The number of ether oxygens (including phenoxy) is 4. The van der Waals surface area contributed by atoms with Gasteiger partial charge in [-0.05, 0) is 185 Å². The van der Waals surface area contributed by atoms with Crippen molar-refractivity contribution < 1.29 is 28.5 Å². The monoisotopic (exact) mass is 726 g/mol. The summed E-state index contributed by atoms with van der Waals surface area (Å²) in [6.45, 7) is 0. The highest BCUT2D eigenvalue weighted by Gasteiger charge is 2.33. The molecule has 0 saturated heterocycles. The lowest BCUT2D eigenvalue weighted by Crippen LogP contribution is -2.22. The number of carbonyl (C=O) groups is 2. The van der Waals surface area contributed by atoms with Crippen molar-refractivity contribution in [3.05, 3.63) is 142 Å². The van der Waals surface area contributed by atoms with Crippen LogP contribution in [0, 0.1) is 0 Å². The van der Waals surface area contributed by atoms with Crippen molar-refractivity contribution in [2.45, 2.75) is 44.9 Å². The largest absolute Gasteiger partial charge is 0.496 e. The lowest BCUT2D eigenvalue weighted by molar-refractivity contribution is 0.0979. The lowest BCUT2D eigenvalue weighted by Gasteiger charge is -2.24. The third-order valence-corrected chi connectivity index (χ3v) is 11.7. The summed E-state index contributed by atoms with van der Waals surface area (Å²) in [5.74, 6) is 3.04. The van der Waals surface area contributed by atoms with Crippen molar-refractivity contribution in [3.8, 4) is 67.5 Å². The number of ketones is 2. The van der Waals surface area contributed by atoms with Crippen LogP contribution < -0.4 is 18.9 Å². The number of methoxy groups -OCH3 is 4. The molecule has 0 fully saturated rings. The van der Waals surface area contributed by atoms with E-state index >= 15 is 0 Å². The summed E-state index contributed by atoms with van der Waals surface area (Å²) >= 11 is 0. The fourth-order valence-electron chi connectivity index (χ4n) is 8.86. The van der Waals surface area contributed by atoms with Crippen LogP contribution in [0.2, 0.25) is 0 Å². The molecule has 6 nitrogen and oxygen atoms in total. The van der Waals surface area contributed by atoms with E-state index in [2.05, 4.69) is 24.3 Å². The molecule has 0 aromatic heterocycles. The third kappa shape index (κ3) is 5.88. The van der Waals surface area contributed by atoms with Crippen molar-refractivity contribution in [1.82, 2.24) is 0 Å². The molecule has 0 saturated carbocycles. The van der Waals surface area contributed by atoms with Crippen LogP contribution in [0.4, 0.5) is 0 Å². The summed E-state index contributed by atoms with van der Waals surface area (Å²) in [4.78, 5) is 29.8. The SMILES string of the molecule is COc1ccc2cc1CCCCc1cc(ccc1OC)-c1cc3c(cc1-2)C(=O)c1cc2c(cc1C3=O)-c1ccc(OC)c(c1)CCCc1cc-2ccc1OC. The second-order valence-corrected chi connectivity index (χ2v) is 14.7. The average Bonchev–Trinajstić information content (AvgIpc) is 3.24. The Kier molecular flexibility index (Phi) is 8.77. The van der Waals surface area contributed by atoms with E-state index in [4.69, 9.17) is 18.9 Å². The first kappa shape index (κ1) is 34.6. The van der Waals surface area contributed by atoms with Crippen LogP contribution >= 0.6 is 0 Å². The molecule has 3 aliphatic carbocycles. The summed E-state index contributed by atoms with van der Waals surface area (Å²) in [6.07, 6.45) is 6.26. The van der Waals surface area contributed by atoms with Crippen LogP contribution in [-0.2, 0) is 25.7 Å². The zero-order valence-electron chi connectivity index (χ0n) is 31.6. The number of benzene rings is 6. The Hall–Kier alpha value is -6.14. The molecule has 6 aromatic carbocycles. The Bertz CT molecular complexity index is 2390. The van der Waals surface area contributed by atoms with E-state index in [0.29, 0.717) is 22.3 Å². The molecular weight excluding hydrogens is 685 g/mol. The van der Waals surface area contributed by atoms with Gasteiger partial charge in [-0.2, -0.15) is 0 Å². The normalized spacial score (nSPS) is 14.1. The summed E-state index contributed by atoms with van der Waals surface area (Å²) in [7, 11) is 6.81. The van der Waals surface area contributed by atoms with Crippen LogP contribution in [0.3, 0.4) is 0 Å². The van der Waals surface area contributed by atoms with Crippen LogP contribution in [0.1, 0.15) is 73.4 Å². The Morgan fingerprint density at radius 1 is 0.327 bits per heavy atom. The second-order valence-electron chi connectivity index (χ2n) is 14.7. The molecule has 0 amide bonds. The van der Waals surface area contributed by atoms with E-state index in [-0.39, 0.29) is 11.6 Å². The van der Waals surface area contributed by atoms with E-state index in [1.807, 2.05) is 72.8 Å². The van der Waals surface area contributed by atoms with Crippen LogP contribution in [0.25, 0.3) is 44.5 Å². The van der Waals surface area contributed by atoms with Crippen molar-refractivity contribution in [3.63, 3.8) is 0 Å². The summed E-state index contributed by atoms with van der Waals surface area (Å²) < 4.78 is 23.1. The van der Waals surface area contributed by atoms with Gasteiger partial charge in [0.2, 0.25) is 0 Å². The molecule has 0 N–H and O–H groups in total. The predicted molar refractivity (Wildman–Crippen MR) is 216 cm³/mol. The Morgan fingerprint density at radius 3 is 0.836 bits per heavy atom. The first-order valence-electron chi connectivity index (χ1n) is 19.0. The zero-order valence-corrected chi connectivity index (χ0v) is 31.6. The maximum atomic E-state index is 14.9. The molecule has 0 heterocycles. The van der Waals surface area contributed by atoms with Gasteiger partial charge in [-0.15, -0.1) is 0 Å². The fraction of sp³-hybridized carbons (Fsp3) is 0.224. The first-order chi connectivity index (χ1) is 26.9. The molecule has 55 heavy (non-hydrogen) atoms. The van der Waals surface area contributed by atoms with Gasteiger partial charge in [0.1, 0.15) is 23.0 Å². The average molecular weight is 727 g/mol. The van der Waals surface area contributed by atoms with Gasteiger partial charge in [0.25, 0.3) is 0 Å². The second kappa shape index (κ2) is 13.9. The number of hydrogen-bond donors (Lipinski definition) is 0. The summed E-state index contributed by atoms with van der Waals surface area (Å²) in [6, 6.07) is 32.7. The van der Waals surface area contributed by atoms with E-state index in [9.17, 15) is 9.59 Å². The quantitative estimate of drug-likeness (QED) is 0.180. The minimum absolute atomic E-state index is 0.163. The van der Waals surface area contributed by atoms with E-state index in [1.54, 1.807) is 28.4 Å². The van der Waals surface area contributed by atoms with Gasteiger partial charge in [-0.3, -0.25) is 9.59 Å². The van der Waals surface area contributed by atoms with Gasteiger partial charge in [0.15, 0.2) is 11.6 Å². The zero-order chi connectivity index (χ0) is 37.8. The van der Waals surface area contributed by atoms with Crippen molar-refractivity contribution in [1.29, 1.82) is 0 Å². The number of carbonyl (C=O) groups excluding carboxylic acids is 2. The molecular formula is C49H42O6. The van der Waals surface area contributed by atoms with Crippen molar-refractivity contribution >= 4 is 11.6 Å². The minimum atomic E-state index is -0.163. The first-order valence-corrected chi connectivity index (χ1v) is 19.0. The van der Waals surface area contributed by atoms with Gasteiger partial charge in [-0.25, -0.2) is 0 Å². The van der Waals surface area contributed by atoms with Crippen LogP contribution in [-0.4, -0.2) is 40.0 Å². The topological polar surface area (TPSA) is 71.1 Å². The van der Waals surface area contributed by atoms with Gasteiger partial charge in [0.05, 0.1) is 28.4 Å². The third-order valence-electron chi connectivity index (χ3n) is 11.7. The Labute approximate surface area is 321 Å². The maximum Gasteiger partial charge on any atom is 0.194 e. The highest BCUT2D eigenvalue weighted by Crippen LogP contribution is 2.45. The molecule has 0 radical (unpaired) electrons. The Balaban J connectivity index is 1.28. The highest BCUT2D eigenvalue weighted by atomic mass is 16.5. The van der Waals surface area contributed by atoms with Crippen LogP contribution in [0.5, 0.6) is 23.0 Å². The highest BCUT2D eigenvalue weighted by molar-refractivity contribution is 6.30. The van der Waals surface area contributed by atoms with Gasteiger partial charge in [0, 0.05) is 22.3 Å². The molecule has 6 heteroatoms. The number of hydrogen-bond acceptors (Lipinski definition) is 6. The van der Waals surface area contributed by atoms with E-state index in [1.165, 1.54) is 0 Å². The fourth-order valence-corrected chi connectivity index (χ4v) is 8.86. The maximum absolute atomic E-state index is 14.9. The molecule has 0 aliphatic heterocycles. The van der Waals surface area contributed by atoms with Crippen molar-refractivity contribution in [2.24, 2.45) is 0 Å². The smallest absolute Gasteiger partial charge is 0.194 e. The van der Waals surface area contributed by atoms with E-state index < -0.39 is 0 Å². The van der Waals surface area contributed by atoms with Crippen molar-refractivity contribution in [2.75, 3.05) is 28.4 Å². The van der Waals surface area contributed by atoms with Gasteiger partial charge >= 0.3 is 0 Å². The molecule has 274 valence electrons. The predicted octanol–water partition coefficient (Wildman–Crippen LogP) is 10.5. The molecule has 3 aliphatic rings. The van der Waals surface area contributed by atoms with E-state index in [0.717, 1.165) is 135 Å². The minimum Gasteiger partial charge on any atom is -0.496 e. The van der Waals surface area contributed by atoms with Gasteiger partial charge in [-0.1, -0.05) is 24.3 Å². The molecule has 8 bridgehead atoms. The van der Waals surface area contributed by atoms with Gasteiger partial charge < -0.3 is 18.9 Å². The summed E-state index contributed by atoms with van der Waals surface area (Å²) in [5, 5.41) is 0. The molecule has 0 unspecified atom stereocenters. The number of fused-ring (bicyclic) bond motifs is 16. The van der Waals surface area contributed by atoms with Crippen LogP contribution in [0.15, 0.2) is 97.1 Å². The molecule has 0 atom stereocenters. The summed E-state index contributed by atoms with van der Waals surface area (Å²) in [5.41, 5.74) is 13.5. The number of rotatable bonds is 4. The lowest BCUT2D eigenvalue weighted by atomic mass is 9.77. The number of aryl methyl sites for hydroxylation is 4. The Morgan fingerprint density at radius 2 is 0.582 bits per heavy atom. The molecule has 6 aromatic rings. The standard InChI is InChI=1S/C49H42O6/c1-52-44-16-12-28-20-32(44)8-5-6-9-33-21-29(13-17-45(33)53-2)37-25-41-40(24-36(28)37)48(50)42-26-38-30-14-18-46(54-3)34(22-30)10-7-11-35-23-31(15-19-47(35)55-4)39(38)27-43(42)49(41)51/h12-27H,5-11H2,1-4H3. The molecule has 9 rings (SSSR count). The molecule has 0 spiro atoms.